The van der Waals surface area contributed by atoms with E-state index in [1.807, 2.05) is 6.07 Å². The fourth-order valence-corrected chi connectivity index (χ4v) is 4.40. The lowest BCUT2D eigenvalue weighted by Gasteiger charge is -2.08. The first-order chi connectivity index (χ1) is 11.2. The molecule has 3 rings (SSSR count). The largest absolute Gasteiger partial charge is 0.302 e. The molecule has 0 amide bonds. The van der Waals surface area contributed by atoms with Crippen molar-refractivity contribution in [2.75, 3.05) is 0 Å². The van der Waals surface area contributed by atoms with Gasteiger partial charge in [-0.05, 0) is 37.1 Å². The summed E-state index contributed by atoms with van der Waals surface area (Å²) >= 11 is 7.02. The summed E-state index contributed by atoms with van der Waals surface area (Å²) in [6.45, 7) is 5.25. The van der Waals surface area contributed by atoms with Crippen molar-refractivity contribution in [1.82, 2.24) is 14.8 Å². The van der Waals surface area contributed by atoms with E-state index < -0.39 is 0 Å². The third-order valence-electron chi connectivity index (χ3n) is 3.41. The molecule has 0 atom stereocenters. The molecule has 23 heavy (non-hydrogen) atoms. The van der Waals surface area contributed by atoms with Crippen LogP contribution in [-0.2, 0) is 12.3 Å². The summed E-state index contributed by atoms with van der Waals surface area (Å²) in [6.07, 6.45) is 1.07. The first-order valence-corrected chi connectivity index (χ1v) is 10.2. The minimum Gasteiger partial charge on any atom is -0.302 e. The summed E-state index contributed by atoms with van der Waals surface area (Å²) in [5, 5.41) is 12.0. The maximum absolute atomic E-state index is 4.44. The molecule has 0 radical (unpaired) electrons. The minimum atomic E-state index is 0.893. The number of benzene rings is 1. The van der Waals surface area contributed by atoms with Gasteiger partial charge in [0.05, 0.1) is 0 Å². The van der Waals surface area contributed by atoms with Crippen LogP contribution in [0.1, 0.15) is 23.8 Å². The molecule has 0 fully saturated rings. The van der Waals surface area contributed by atoms with Crippen molar-refractivity contribution in [1.29, 1.82) is 0 Å². The lowest BCUT2D eigenvalue weighted by molar-refractivity contribution is 0.626. The van der Waals surface area contributed by atoms with Crippen LogP contribution < -0.4 is 0 Å². The Labute approximate surface area is 153 Å². The standard InChI is InChI=1S/C17H18BrN3S2/c1-3-7-21-16(14-8-12(2)22-11-14)19-20-17(21)23-10-13-5-4-6-15(18)9-13/h4-6,8-9,11H,3,7,10H2,1-2H3. The average molecular weight is 408 g/mol. The second-order valence-electron chi connectivity index (χ2n) is 5.32. The molecule has 0 bridgehead atoms. The maximum Gasteiger partial charge on any atom is 0.191 e. The summed E-state index contributed by atoms with van der Waals surface area (Å²) in [7, 11) is 0. The van der Waals surface area contributed by atoms with Crippen molar-refractivity contribution < 1.29 is 0 Å². The lowest BCUT2D eigenvalue weighted by Crippen LogP contribution is -2.01. The number of thioether (sulfide) groups is 1. The van der Waals surface area contributed by atoms with Crippen LogP contribution in [0, 0.1) is 6.92 Å². The molecular weight excluding hydrogens is 390 g/mol. The normalized spacial score (nSPS) is 11.1. The summed E-state index contributed by atoms with van der Waals surface area (Å²) < 4.78 is 3.35. The fraction of sp³-hybridized carbons (Fsp3) is 0.294. The Balaban J connectivity index is 1.83. The van der Waals surface area contributed by atoms with E-state index in [-0.39, 0.29) is 0 Å². The van der Waals surface area contributed by atoms with Crippen molar-refractivity contribution in [2.24, 2.45) is 0 Å². The van der Waals surface area contributed by atoms with Gasteiger partial charge in [-0.15, -0.1) is 21.5 Å². The number of aryl methyl sites for hydroxylation is 1. The predicted molar refractivity (Wildman–Crippen MR) is 102 cm³/mol. The summed E-state index contributed by atoms with van der Waals surface area (Å²) in [5.41, 5.74) is 2.45. The quantitative estimate of drug-likeness (QED) is 0.485. The lowest BCUT2D eigenvalue weighted by atomic mass is 10.2. The Hall–Kier alpha value is -1.11. The van der Waals surface area contributed by atoms with Crippen LogP contribution in [0.4, 0.5) is 0 Å². The SMILES string of the molecule is CCCn1c(SCc2cccc(Br)c2)nnc1-c1csc(C)c1. The Morgan fingerprint density at radius 3 is 2.83 bits per heavy atom. The minimum absolute atomic E-state index is 0.893. The second-order valence-corrected chi connectivity index (χ2v) is 8.30. The Kier molecular flexibility index (Phi) is 5.56. The van der Waals surface area contributed by atoms with Gasteiger partial charge in [0.1, 0.15) is 0 Å². The highest BCUT2D eigenvalue weighted by molar-refractivity contribution is 9.10. The van der Waals surface area contributed by atoms with Crippen LogP contribution in [-0.4, -0.2) is 14.8 Å². The van der Waals surface area contributed by atoms with E-state index in [9.17, 15) is 0 Å². The molecule has 0 saturated carbocycles. The van der Waals surface area contributed by atoms with Gasteiger partial charge in [0.25, 0.3) is 0 Å². The third kappa shape index (κ3) is 4.05. The number of halogens is 1. The van der Waals surface area contributed by atoms with Crippen molar-refractivity contribution in [3.8, 4) is 11.4 Å². The van der Waals surface area contributed by atoms with Crippen LogP contribution in [0.3, 0.4) is 0 Å². The maximum atomic E-state index is 4.44. The summed E-state index contributed by atoms with van der Waals surface area (Å²) in [6, 6.07) is 10.6. The molecule has 3 aromatic rings. The topological polar surface area (TPSA) is 30.7 Å². The number of hydrogen-bond acceptors (Lipinski definition) is 4. The molecular formula is C17H18BrN3S2. The third-order valence-corrected chi connectivity index (χ3v) is 5.80. The number of rotatable bonds is 6. The highest BCUT2D eigenvalue weighted by Crippen LogP contribution is 2.29. The van der Waals surface area contributed by atoms with Crippen LogP contribution in [0.5, 0.6) is 0 Å². The molecule has 0 aliphatic heterocycles. The second kappa shape index (κ2) is 7.64. The van der Waals surface area contributed by atoms with Crippen LogP contribution in [0.25, 0.3) is 11.4 Å². The van der Waals surface area contributed by atoms with E-state index in [0.29, 0.717) is 0 Å². The molecule has 0 unspecified atom stereocenters. The average Bonchev–Trinajstić information content (AvgIpc) is 3.12. The predicted octanol–water partition coefficient (Wildman–Crippen LogP) is 5.78. The van der Waals surface area contributed by atoms with E-state index in [1.165, 1.54) is 16.0 Å². The van der Waals surface area contributed by atoms with E-state index in [0.717, 1.165) is 34.2 Å². The zero-order valence-corrected chi connectivity index (χ0v) is 16.3. The number of aromatic nitrogens is 3. The molecule has 0 spiro atoms. The summed E-state index contributed by atoms with van der Waals surface area (Å²) in [5.74, 6) is 1.87. The number of hydrogen-bond donors (Lipinski definition) is 0. The van der Waals surface area contributed by atoms with E-state index in [4.69, 9.17) is 0 Å². The van der Waals surface area contributed by atoms with E-state index in [1.54, 1.807) is 23.1 Å². The molecule has 0 aliphatic rings. The highest BCUT2D eigenvalue weighted by Gasteiger charge is 2.14. The first-order valence-electron chi connectivity index (χ1n) is 7.53. The van der Waals surface area contributed by atoms with Gasteiger partial charge in [-0.25, -0.2) is 0 Å². The molecule has 2 heterocycles. The molecule has 3 nitrogen and oxygen atoms in total. The first kappa shape index (κ1) is 16.7. The fourth-order valence-electron chi connectivity index (χ4n) is 2.37. The molecule has 0 N–H and O–H groups in total. The molecule has 6 heteroatoms. The van der Waals surface area contributed by atoms with Crippen LogP contribution in [0.2, 0.25) is 0 Å². The van der Waals surface area contributed by atoms with Crippen molar-refractivity contribution in [3.63, 3.8) is 0 Å². The smallest absolute Gasteiger partial charge is 0.191 e. The van der Waals surface area contributed by atoms with Gasteiger partial charge < -0.3 is 4.57 Å². The number of thiophene rings is 1. The Morgan fingerprint density at radius 1 is 1.26 bits per heavy atom. The zero-order chi connectivity index (χ0) is 16.2. The molecule has 120 valence electrons. The molecule has 2 aromatic heterocycles. The Morgan fingerprint density at radius 2 is 2.13 bits per heavy atom. The van der Waals surface area contributed by atoms with Gasteiger partial charge in [-0.3, -0.25) is 0 Å². The van der Waals surface area contributed by atoms with Crippen molar-refractivity contribution in [2.45, 2.75) is 37.7 Å². The van der Waals surface area contributed by atoms with Gasteiger partial charge in [0.2, 0.25) is 0 Å². The van der Waals surface area contributed by atoms with Crippen molar-refractivity contribution >= 4 is 39.0 Å². The highest BCUT2D eigenvalue weighted by atomic mass is 79.9. The van der Waals surface area contributed by atoms with Gasteiger partial charge in [-0.2, -0.15) is 0 Å². The molecule has 0 saturated heterocycles. The van der Waals surface area contributed by atoms with Gasteiger partial charge in [0.15, 0.2) is 11.0 Å². The van der Waals surface area contributed by atoms with Gasteiger partial charge in [-0.1, -0.05) is 46.7 Å². The van der Waals surface area contributed by atoms with Crippen molar-refractivity contribution in [3.05, 3.63) is 50.6 Å². The van der Waals surface area contributed by atoms with E-state index in [2.05, 4.69) is 74.2 Å². The van der Waals surface area contributed by atoms with Crippen LogP contribution >= 0.6 is 39.0 Å². The zero-order valence-electron chi connectivity index (χ0n) is 13.1. The monoisotopic (exact) mass is 407 g/mol. The summed E-state index contributed by atoms with van der Waals surface area (Å²) in [4.78, 5) is 1.30. The van der Waals surface area contributed by atoms with E-state index >= 15 is 0 Å². The van der Waals surface area contributed by atoms with Gasteiger partial charge >= 0.3 is 0 Å². The Bertz CT molecular complexity index is 795. The van der Waals surface area contributed by atoms with Gasteiger partial charge in [0, 0.05) is 32.6 Å². The van der Waals surface area contributed by atoms with Crippen LogP contribution in [0.15, 0.2) is 45.3 Å². The number of nitrogens with zero attached hydrogens (tertiary/aromatic N) is 3. The molecule has 1 aromatic carbocycles. The molecule has 0 aliphatic carbocycles.